The lowest BCUT2D eigenvalue weighted by Crippen LogP contribution is -2.38. The highest BCUT2D eigenvalue weighted by Gasteiger charge is 2.22. The molecular weight excluding hydrogens is 176 g/mol. The van der Waals surface area contributed by atoms with E-state index >= 15 is 0 Å². The summed E-state index contributed by atoms with van der Waals surface area (Å²) in [6.07, 6.45) is 0. The summed E-state index contributed by atoms with van der Waals surface area (Å²) in [6, 6.07) is 3.50. The third-order valence-electron chi connectivity index (χ3n) is 1.58. The van der Waals surface area contributed by atoms with Gasteiger partial charge in [0.25, 0.3) is 0 Å². The molecule has 0 aliphatic heterocycles. The summed E-state index contributed by atoms with van der Waals surface area (Å²) in [5, 5.41) is 17.5. The molecule has 0 aromatic heterocycles. The van der Waals surface area contributed by atoms with Gasteiger partial charge in [0.05, 0.1) is 0 Å². The van der Waals surface area contributed by atoms with Crippen LogP contribution in [0.2, 0.25) is 0 Å². The van der Waals surface area contributed by atoms with Crippen LogP contribution >= 0.6 is 0 Å². The van der Waals surface area contributed by atoms with Crippen LogP contribution in [0.4, 0.5) is 4.39 Å². The van der Waals surface area contributed by atoms with Crippen LogP contribution in [-0.4, -0.2) is 23.1 Å². The molecule has 0 bridgehead atoms. The first kappa shape index (κ1) is 9.69. The second kappa shape index (κ2) is 3.55. The van der Waals surface area contributed by atoms with Crippen molar-refractivity contribution in [2.45, 2.75) is 0 Å². The lowest BCUT2D eigenvalue weighted by Gasteiger charge is -2.05. The fraction of sp³-hybridized carbons (Fsp3) is 0. The second-order valence-corrected chi connectivity index (χ2v) is 2.44. The molecule has 4 nitrogen and oxygen atoms in total. The van der Waals surface area contributed by atoms with Crippen molar-refractivity contribution in [3.05, 3.63) is 29.6 Å². The molecule has 0 atom stereocenters. The molecule has 1 amide bonds. The first-order valence-corrected chi connectivity index (χ1v) is 3.48. The number of amides is 1. The van der Waals surface area contributed by atoms with Crippen molar-refractivity contribution in [3.63, 3.8) is 0 Å². The zero-order valence-corrected chi connectivity index (χ0v) is 6.57. The van der Waals surface area contributed by atoms with Gasteiger partial charge in [-0.15, -0.1) is 0 Å². The maximum Gasteiger partial charge on any atom is 0.492 e. The highest BCUT2D eigenvalue weighted by Crippen LogP contribution is 2.00. The van der Waals surface area contributed by atoms with Crippen LogP contribution in [0.15, 0.2) is 18.2 Å². The number of rotatable bonds is 2. The number of hydrogen-bond acceptors (Lipinski definition) is 3. The Morgan fingerprint density at radius 1 is 1.46 bits per heavy atom. The van der Waals surface area contributed by atoms with Crippen LogP contribution in [-0.2, 0) is 0 Å². The minimum absolute atomic E-state index is 0.227. The number of carbonyl (C=O) groups excluding carboxylic acids is 1. The monoisotopic (exact) mass is 183 g/mol. The maximum absolute atomic E-state index is 12.9. The predicted molar refractivity (Wildman–Crippen MR) is 44.7 cm³/mol. The third-order valence-corrected chi connectivity index (χ3v) is 1.58. The molecule has 0 heterocycles. The largest absolute Gasteiger partial charge is 0.492 e. The van der Waals surface area contributed by atoms with Crippen molar-refractivity contribution in [2.24, 2.45) is 5.73 Å². The van der Waals surface area contributed by atoms with Crippen molar-refractivity contribution >= 4 is 18.5 Å². The minimum Gasteiger partial charge on any atom is -0.423 e. The number of benzene rings is 1. The Kier molecular flexibility index (Phi) is 2.65. The van der Waals surface area contributed by atoms with Gasteiger partial charge >= 0.3 is 7.12 Å². The van der Waals surface area contributed by atoms with Crippen LogP contribution < -0.4 is 11.2 Å². The number of nitrogens with two attached hydrogens (primary N) is 1. The SMILES string of the molecule is NC(=O)c1cccc(F)c1B(O)O. The molecule has 0 aliphatic carbocycles. The van der Waals surface area contributed by atoms with E-state index in [9.17, 15) is 9.18 Å². The molecule has 0 aliphatic rings. The van der Waals surface area contributed by atoms with Gasteiger partial charge in [-0.25, -0.2) is 4.39 Å². The zero-order chi connectivity index (χ0) is 10.0. The topological polar surface area (TPSA) is 83.6 Å². The van der Waals surface area contributed by atoms with E-state index in [2.05, 4.69) is 0 Å². The number of primary amides is 1. The minimum atomic E-state index is -2.04. The van der Waals surface area contributed by atoms with Gasteiger partial charge in [0.1, 0.15) is 5.82 Å². The van der Waals surface area contributed by atoms with Crippen LogP contribution in [0.3, 0.4) is 0 Å². The molecular formula is C7H7BFNO3. The van der Waals surface area contributed by atoms with Crippen molar-refractivity contribution < 1.29 is 19.2 Å². The molecule has 0 fully saturated rings. The molecule has 1 aromatic rings. The molecule has 68 valence electrons. The fourth-order valence-electron chi connectivity index (χ4n) is 1.01. The van der Waals surface area contributed by atoms with Crippen LogP contribution in [0.5, 0.6) is 0 Å². The van der Waals surface area contributed by atoms with Crippen molar-refractivity contribution in [1.82, 2.24) is 0 Å². The second-order valence-electron chi connectivity index (χ2n) is 2.44. The predicted octanol–water partition coefficient (Wildman–Crippen LogP) is -1.40. The molecule has 1 aromatic carbocycles. The highest BCUT2D eigenvalue weighted by atomic mass is 19.1. The average Bonchev–Trinajstić information content (AvgIpc) is 2.02. The number of hydrogen-bond donors (Lipinski definition) is 3. The van der Waals surface area contributed by atoms with E-state index in [1.54, 1.807) is 0 Å². The first-order valence-electron chi connectivity index (χ1n) is 3.48. The van der Waals surface area contributed by atoms with E-state index in [1.807, 2.05) is 0 Å². The molecule has 13 heavy (non-hydrogen) atoms. The van der Waals surface area contributed by atoms with Gasteiger partial charge in [0.2, 0.25) is 5.91 Å². The molecule has 0 saturated heterocycles. The number of halogens is 1. The Morgan fingerprint density at radius 2 is 2.08 bits per heavy atom. The van der Waals surface area contributed by atoms with Crippen LogP contribution in [0.25, 0.3) is 0 Å². The third kappa shape index (κ3) is 1.85. The van der Waals surface area contributed by atoms with E-state index in [0.717, 1.165) is 6.07 Å². The Bertz CT molecular complexity index is 343. The average molecular weight is 183 g/mol. The summed E-state index contributed by atoms with van der Waals surface area (Å²) < 4.78 is 12.9. The summed E-state index contributed by atoms with van der Waals surface area (Å²) in [7, 11) is -2.04. The summed E-state index contributed by atoms with van der Waals surface area (Å²) in [4.78, 5) is 10.7. The van der Waals surface area contributed by atoms with Gasteiger partial charge < -0.3 is 15.8 Å². The van der Waals surface area contributed by atoms with E-state index in [-0.39, 0.29) is 5.56 Å². The van der Waals surface area contributed by atoms with Gasteiger partial charge in [-0.1, -0.05) is 6.07 Å². The van der Waals surface area contributed by atoms with Gasteiger partial charge in [-0.3, -0.25) is 4.79 Å². The maximum atomic E-state index is 12.9. The van der Waals surface area contributed by atoms with Gasteiger partial charge in [-0.05, 0) is 12.1 Å². The Balaban J connectivity index is 3.34. The fourth-order valence-corrected chi connectivity index (χ4v) is 1.01. The Labute approximate surface area is 73.9 Å². The lowest BCUT2D eigenvalue weighted by atomic mass is 9.76. The van der Waals surface area contributed by atoms with Gasteiger partial charge in [0, 0.05) is 11.0 Å². The molecule has 0 spiro atoms. The smallest absolute Gasteiger partial charge is 0.423 e. The molecule has 1 rings (SSSR count). The van der Waals surface area contributed by atoms with Crippen LogP contribution in [0.1, 0.15) is 10.4 Å². The molecule has 0 saturated carbocycles. The van der Waals surface area contributed by atoms with Crippen LogP contribution in [0, 0.1) is 5.82 Å². The lowest BCUT2D eigenvalue weighted by molar-refractivity contribution is 0.100. The number of carbonyl (C=O) groups is 1. The molecule has 0 unspecified atom stereocenters. The van der Waals surface area contributed by atoms with Crippen molar-refractivity contribution in [1.29, 1.82) is 0 Å². The van der Waals surface area contributed by atoms with Gasteiger partial charge in [0.15, 0.2) is 0 Å². The van der Waals surface area contributed by atoms with E-state index < -0.39 is 24.3 Å². The molecule has 4 N–H and O–H groups in total. The van der Waals surface area contributed by atoms with E-state index in [4.69, 9.17) is 15.8 Å². The zero-order valence-electron chi connectivity index (χ0n) is 6.57. The normalized spacial score (nSPS) is 9.77. The Hall–Kier alpha value is -1.40. The van der Waals surface area contributed by atoms with E-state index in [1.165, 1.54) is 12.1 Å². The highest BCUT2D eigenvalue weighted by molar-refractivity contribution is 6.60. The molecule has 0 radical (unpaired) electrons. The molecule has 6 heteroatoms. The van der Waals surface area contributed by atoms with Crippen molar-refractivity contribution in [2.75, 3.05) is 0 Å². The first-order chi connectivity index (χ1) is 6.04. The van der Waals surface area contributed by atoms with Crippen molar-refractivity contribution in [3.8, 4) is 0 Å². The summed E-state index contributed by atoms with van der Waals surface area (Å²) in [6.45, 7) is 0. The summed E-state index contributed by atoms with van der Waals surface area (Å²) in [5.74, 6) is -1.77. The Morgan fingerprint density at radius 3 is 2.46 bits per heavy atom. The standard InChI is InChI=1S/C7H7BFNO3/c9-5-3-1-2-4(7(10)11)6(5)8(12)13/h1-3,12-13H,(H2,10,11). The quantitative estimate of drug-likeness (QED) is 0.493. The summed E-state index contributed by atoms with van der Waals surface area (Å²) >= 11 is 0. The van der Waals surface area contributed by atoms with E-state index in [0.29, 0.717) is 0 Å². The summed E-state index contributed by atoms with van der Waals surface area (Å²) in [5.41, 5.74) is 4.18. The van der Waals surface area contributed by atoms with Gasteiger partial charge in [-0.2, -0.15) is 0 Å².